The van der Waals surface area contributed by atoms with Gasteiger partial charge in [0.2, 0.25) is 5.91 Å². The van der Waals surface area contributed by atoms with E-state index in [0.717, 1.165) is 12.8 Å². The summed E-state index contributed by atoms with van der Waals surface area (Å²) in [5.74, 6) is -0.627. The van der Waals surface area contributed by atoms with E-state index >= 15 is 0 Å². The van der Waals surface area contributed by atoms with Crippen LogP contribution in [0.25, 0.3) is 0 Å². The summed E-state index contributed by atoms with van der Waals surface area (Å²) in [6.45, 7) is 7.34. The third-order valence-corrected chi connectivity index (χ3v) is 6.78. The first-order chi connectivity index (χ1) is 16.1. The van der Waals surface area contributed by atoms with Crippen molar-refractivity contribution in [2.24, 2.45) is 5.92 Å². The predicted molar refractivity (Wildman–Crippen MR) is 121 cm³/mol. The van der Waals surface area contributed by atoms with Gasteiger partial charge in [-0.1, -0.05) is 11.6 Å². The van der Waals surface area contributed by atoms with Gasteiger partial charge in [0, 0.05) is 20.2 Å². The number of carbonyl (C=O) groups excluding carboxylic acids is 3. The Morgan fingerprint density at radius 3 is 2.50 bits per heavy atom. The highest BCUT2D eigenvalue weighted by molar-refractivity contribution is 5.92. The molecular formula is C23H37N3O8. The van der Waals surface area contributed by atoms with Gasteiger partial charge in [0.1, 0.15) is 23.4 Å². The van der Waals surface area contributed by atoms with Crippen molar-refractivity contribution in [1.29, 1.82) is 0 Å². The summed E-state index contributed by atoms with van der Waals surface area (Å²) in [4.78, 5) is 35.4. The van der Waals surface area contributed by atoms with Gasteiger partial charge in [-0.25, -0.2) is 9.59 Å². The number of allylic oxidation sites excluding steroid dienone is 1. The minimum atomic E-state index is -0.819. The van der Waals surface area contributed by atoms with Crippen LogP contribution in [0.1, 0.15) is 40.0 Å². The van der Waals surface area contributed by atoms with Crippen molar-refractivity contribution in [1.82, 2.24) is 16.0 Å². The van der Waals surface area contributed by atoms with E-state index < -0.39 is 35.9 Å². The SMILES string of the molecule is COC(=O)NCCNCC(=O)NC(=O)OC1CC[C@]2(CO2)C([C@@]2(C)O[C@@H]2CC=C(C)C)C1OC. The number of nitrogens with one attached hydrogen (secondary N) is 3. The Hall–Kier alpha value is -2.21. The fraction of sp³-hybridized carbons (Fsp3) is 0.783. The summed E-state index contributed by atoms with van der Waals surface area (Å²) < 4.78 is 28.0. The van der Waals surface area contributed by atoms with Crippen molar-refractivity contribution in [3.63, 3.8) is 0 Å². The summed E-state index contributed by atoms with van der Waals surface area (Å²) in [6.07, 6.45) is 2.01. The molecule has 0 aromatic carbocycles. The average Bonchev–Trinajstić information content (AvgIpc) is 3.70. The number of hydrogen-bond acceptors (Lipinski definition) is 9. The lowest BCUT2D eigenvalue weighted by Crippen LogP contribution is -2.56. The van der Waals surface area contributed by atoms with Gasteiger partial charge < -0.3 is 34.3 Å². The van der Waals surface area contributed by atoms with Crippen LogP contribution >= 0.6 is 0 Å². The molecule has 3 amide bonds. The first-order valence-electron chi connectivity index (χ1n) is 11.7. The summed E-state index contributed by atoms with van der Waals surface area (Å²) in [5.41, 5.74) is 0.488. The molecule has 1 aliphatic carbocycles. The molecule has 0 aromatic rings. The Kier molecular flexibility index (Phi) is 8.56. The molecule has 3 N–H and O–H groups in total. The maximum atomic E-state index is 12.4. The molecule has 2 saturated heterocycles. The van der Waals surface area contributed by atoms with Crippen LogP contribution in [0.5, 0.6) is 0 Å². The predicted octanol–water partition coefficient (Wildman–Crippen LogP) is 1.26. The Balaban J connectivity index is 1.51. The van der Waals surface area contributed by atoms with E-state index in [4.69, 9.17) is 18.9 Å². The Morgan fingerprint density at radius 2 is 1.88 bits per heavy atom. The molecule has 2 aliphatic heterocycles. The Morgan fingerprint density at radius 1 is 1.15 bits per heavy atom. The van der Waals surface area contributed by atoms with Crippen molar-refractivity contribution in [2.75, 3.05) is 40.5 Å². The number of methoxy groups -OCH3 is 2. The first kappa shape index (κ1) is 26.4. The highest BCUT2D eigenvalue weighted by atomic mass is 16.6. The number of rotatable bonds is 10. The summed E-state index contributed by atoms with van der Waals surface area (Å²) in [7, 11) is 2.87. The number of carbonyl (C=O) groups is 3. The van der Waals surface area contributed by atoms with Gasteiger partial charge >= 0.3 is 12.2 Å². The maximum absolute atomic E-state index is 12.4. The molecule has 3 aliphatic rings. The number of alkyl carbamates (subject to hydrolysis) is 2. The molecule has 2 heterocycles. The number of imide groups is 1. The van der Waals surface area contributed by atoms with Crippen molar-refractivity contribution in [3.8, 4) is 0 Å². The van der Waals surface area contributed by atoms with E-state index in [0.29, 0.717) is 19.6 Å². The van der Waals surface area contributed by atoms with Crippen LogP contribution in [0.2, 0.25) is 0 Å². The maximum Gasteiger partial charge on any atom is 0.414 e. The van der Waals surface area contributed by atoms with Crippen molar-refractivity contribution in [2.45, 2.75) is 69.5 Å². The van der Waals surface area contributed by atoms with Crippen LogP contribution < -0.4 is 16.0 Å². The van der Waals surface area contributed by atoms with Crippen LogP contribution in [-0.2, 0) is 28.5 Å². The number of hydrogen-bond donors (Lipinski definition) is 3. The zero-order chi connectivity index (χ0) is 24.9. The number of amides is 3. The monoisotopic (exact) mass is 483 g/mol. The van der Waals surface area contributed by atoms with E-state index in [2.05, 4.69) is 47.5 Å². The fourth-order valence-electron chi connectivity index (χ4n) is 4.92. The van der Waals surface area contributed by atoms with E-state index in [-0.39, 0.29) is 30.7 Å². The van der Waals surface area contributed by atoms with Gasteiger partial charge in [-0.2, -0.15) is 0 Å². The quantitative estimate of drug-likeness (QED) is 0.238. The largest absolute Gasteiger partial charge is 0.453 e. The molecule has 34 heavy (non-hydrogen) atoms. The van der Waals surface area contributed by atoms with E-state index in [1.54, 1.807) is 7.11 Å². The number of epoxide rings is 2. The normalized spacial score (nSPS) is 33.6. The molecule has 6 atom stereocenters. The standard InChI is InChI=1S/C23H37N3O8/c1-14(2)6-7-16-22(3,34-16)19-18(30-4)15(8-9-23(19)13-32-23)33-21(29)26-17(27)12-24-10-11-25-20(28)31-5/h6,15-16,18-19,24H,7-13H2,1-5H3,(H,25,28)(H,26,27,29)/t15?,16-,18?,19?,22+,23+/m1/s1. The van der Waals surface area contributed by atoms with Crippen LogP contribution in [0.4, 0.5) is 9.59 Å². The highest BCUT2D eigenvalue weighted by Crippen LogP contribution is 2.59. The second-order valence-corrected chi connectivity index (χ2v) is 9.46. The molecule has 192 valence electrons. The Labute approximate surface area is 200 Å². The zero-order valence-corrected chi connectivity index (χ0v) is 20.6. The lowest BCUT2D eigenvalue weighted by Gasteiger charge is -2.42. The van der Waals surface area contributed by atoms with Crippen LogP contribution in [0, 0.1) is 5.92 Å². The van der Waals surface area contributed by atoms with Gasteiger partial charge in [0.05, 0.1) is 32.3 Å². The van der Waals surface area contributed by atoms with Crippen molar-refractivity contribution < 1.29 is 38.1 Å². The lowest BCUT2D eigenvalue weighted by molar-refractivity contribution is -0.125. The van der Waals surface area contributed by atoms with E-state index in [9.17, 15) is 14.4 Å². The van der Waals surface area contributed by atoms with Crippen LogP contribution in [0.15, 0.2) is 11.6 Å². The molecule has 0 aromatic heterocycles. The molecule has 11 nitrogen and oxygen atoms in total. The molecule has 3 fully saturated rings. The molecule has 3 unspecified atom stereocenters. The van der Waals surface area contributed by atoms with Gasteiger partial charge in [0.15, 0.2) is 0 Å². The molecular weight excluding hydrogens is 446 g/mol. The molecule has 1 spiro atoms. The van der Waals surface area contributed by atoms with Crippen LogP contribution in [0.3, 0.4) is 0 Å². The van der Waals surface area contributed by atoms with Gasteiger partial charge in [-0.15, -0.1) is 0 Å². The van der Waals surface area contributed by atoms with E-state index in [1.165, 1.54) is 12.7 Å². The smallest absolute Gasteiger partial charge is 0.414 e. The molecule has 0 radical (unpaired) electrons. The summed E-state index contributed by atoms with van der Waals surface area (Å²) >= 11 is 0. The third kappa shape index (κ3) is 6.26. The third-order valence-electron chi connectivity index (χ3n) is 6.78. The van der Waals surface area contributed by atoms with Crippen molar-refractivity contribution in [3.05, 3.63) is 11.6 Å². The molecule has 3 rings (SSSR count). The first-order valence-corrected chi connectivity index (χ1v) is 11.7. The molecule has 11 heteroatoms. The fourth-order valence-corrected chi connectivity index (χ4v) is 4.92. The van der Waals surface area contributed by atoms with Crippen molar-refractivity contribution >= 4 is 18.1 Å². The molecule has 1 saturated carbocycles. The second-order valence-electron chi connectivity index (χ2n) is 9.46. The van der Waals surface area contributed by atoms with Crippen LogP contribution in [-0.4, -0.2) is 88.1 Å². The zero-order valence-electron chi connectivity index (χ0n) is 20.6. The van der Waals surface area contributed by atoms with E-state index in [1.807, 2.05) is 0 Å². The lowest BCUT2D eigenvalue weighted by atomic mass is 9.68. The topological polar surface area (TPSA) is 140 Å². The second kappa shape index (κ2) is 11.0. The molecule has 0 bridgehead atoms. The minimum Gasteiger partial charge on any atom is -0.453 e. The van der Waals surface area contributed by atoms with Gasteiger partial charge in [-0.3, -0.25) is 10.1 Å². The Bertz CT molecular complexity index is 795. The number of ether oxygens (including phenoxy) is 5. The average molecular weight is 484 g/mol. The minimum absolute atomic E-state index is 0.0556. The summed E-state index contributed by atoms with van der Waals surface area (Å²) in [6, 6.07) is 0. The van der Waals surface area contributed by atoms with Gasteiger partial charge in [-0.05, 0) is 40.0 Å². The summed E-state index contributed by atoms with van der Waals surface area (Å²) in [5, 5.41) is 7.53. The highest BCUT2D eigenvalue weighted by Gasteiger charge is 2.72. The van der Waals surface area contributed by atoms with Gasteiger partial charge in [0.25, 0.3) is 0 Å².